The van der Waals surface area contributed by atoms with Crippen molar-refractivity contribution < 1.29 is 18.3 Å². The zero-order chi connectivity index (χ0) is 13.9. The van der Waals surface area contributed by atoms with Gasteiger partial charge in [0.25, 0.3) is 0 Å². The van der Waals surface area contributed by atoms with Gasteiger partial charge in [0.1, 0.15) is 5.75 Å². The van der Waals surface area contributed by atoms with Crippen molar-refractivity contribution in [1.29, 1.82) is 0 Å². The maximum Gasteiger partial charge on any atom is 0.248 e. The van der Waals surface area contributed by atoms with Crippen molar-refractivity contribution >= 4 is 22.2 Å². The van der Waals surface area contributed by atoms with Gasteiger partial charge in [-0.3, -0.25) is 4.79 Å². The largest absolute Gasteiger partial charge is 0.491 e. The molecular formula is C14H15BrF2O2. The molecule has 1 fully saturated rings. The summed E-state index contributed by atoms with van der Waals surface area (Å²) in [5, 5.41) is 0. The SMILES string of the molecule is O=Cc1cccc(Br)c1OCC1CCCC(F)(F)C1. The fourth-order valence-corrected chi connectivity index (χ4v) is 2.89. The summed E-state index contributed by atoms with van der Waals surface area (Å²) in [6, 6.07) is 5.13. The number of hydrogen-bond donors (Lipinski definition) is 0. The molecule has 0 heterocycles. The Kier molecular flexibility index (Phi) is 4.55. The highest BCUT2D eigenvalue weighted by molar-refractivity contribution is 9.10. The highest BCUT2D eigenvalue weighted by Gasteiger charge is 2.36. The Labute approximate surface area is 119 Å². The van der Waals surface area contributed by atoms with Crippen molar-refractivity contribution in [3.63, 3.8) is 0 Å². The van der Waals surface area contributed by atoms with Gasteiger partial charge in [-0.15, -0.1) is 0 Å². The molecule has 0 spiro atoms. The first-order chi connectivity index (χ1) is 9.02. The van der Waals surface area contributed by atoms with Crippen LogP contribution in [0.15, 0.2) is 22.7 Å². The number of carbonyl (C=O) groups is 1. The summed E-state index contributed by atoms with van der Waals surface area (Å²) in [4.78, 5) is 10.9. The molecule has 1 aromatic carbocycles. The molecule has 1 aliphatic rings. The van der Waals surface area contributed by atoms with E-state index in [-0.39, 0.29) is 25.4 Å². The summed E-state index contributed by atoms with van der Waals surface area (Å²) < 4.78 is 32.8. The van der Waals surface area contributed by atoms with Gasteiger partial charge in [-0.05, 0) is 46.8 Å². The van der Waals surface area contributed by atoms with Crippen molar-refractivity contribution in [1.82, 2.24) is 0 Å². The summed E-state index contributed by atoms with van der Waals surface area (Å²) in [5.74, 6) is -2.30. The van der Waals surface area contributed by atoms with E-state index in [0.717, 1.165) is 6.42 Å². The second-order valence-corrected chi connectivity index (χ2v) is 5.76. The average molecular weight is 333 g/mol. The lowest BCUT2D eigenvalue weighted by atomic mass is 9.87. The normalized spacial score (nSPS) is 21.9. The Hall–Kier alpha value is -0.970. The van der Waals surface area contributed by atoms with Crippen LogP contribution >= 0.6 is 15.9 Å². The number of aldehydes is 1. The van der Waals surface area contributed by atoms with E-state index in [1.807, 2.05) is 0 Å². The van der Waals surface area contributed by atoms with Crippen molar-refractivity contribution in [2.24, 2.45) is 5.92 Å². The smallest absolute Gasteiger partial charge is 0.248 e. The van der Waals surface area contributed by atoms with E-state index in [1.165, 1.54) is 0 Å². The van der Waals surface area contributed by atoms with E-state index in [2.05, 4.69) is 15.9 Å². The van der Waals surface area contributed by atoms with E-state index in [0.29, 0.717) is 28.5 Å². The quantitative estimate of drug-likeness (QED) is 0.760. The number of carbonyl (C=O) groups excluding carboxylic acids is 1. The lowest BCUT2D eigenvalue weighted by molar-refractivity contribution is -0.0586. The summed E-state index contributed by atoms with van der Waals surface area (Å²) in [5.41, 5.74) is 0.428. The fourth-order valence-electron chi connectivity index (χ4n) is 2.39. The Morgan fingerprint density at radius 2 is 2.26 bits per heavy atom. The van der Waals surface area contributed by atoms with Gasteiger partial charge in [-0.25, -0.2) is 8.78 Å². The third-order valence-electron chi connectivity index (χ3n) is 3.33. The van der Waals surface area contributed by atoms with Gasteiger partial charge < -0.3 is 4.74 Å². The van der Waals surface area contributed by atoms with Gasteiger partial charge in [0, 0.05) is 12.8 Å². The molecule has 1 unspecified atom stereocenters. The van der Waals surface area contributed by atoms with Crippen LogP contribution < -0.4 is 4.74 Å². The van der Waals surface area contributed by atoms with Gasteiger partial charge in [-0.1, -0.05) is 6.07 Å². The van der Waals surface area contributed by atoms with Crippen LogP contribution in [-0.4, -0.2) is 18.8 Å². The summed E-state index contributed by atoms with van der Waals surface area (Å²) in [6.45, 7) is 0.221. The summed E-state index contributed by atoms with van der Waals surface area (Å²) in [6.07, 6.45) is 1.82. The van der Waals surface area contributed by atoms with Crippen LogP contribution in [0.1, 0.15) is 36.0 Å². The molecule has 0 bridgehead atoms. The van der Waals surface area contributed by atoms with Crippen LogP contribution in [0.4, 0.5) is 8.78 Å². The zero-order valence-corrected chi connectivity index (χ0v) is 12.0. The summed E-state index contributed by atoms with van der Waals surface area (Å²) in [7, 11) is 0. The highest BCUT2D eigenvalue weighted by Crippen LogP contribution is 2.37. The minimum Gasteiger partial charge on any atom is -0.491 e. The Morgan fingerprint density at radius 1 is 1.47 bits per heavy atom. The van der Waals surface area contributed by atoms with Gasteiger partial charge in [0.15, 0.2) is 6.29 Å². The lowest BCUT2D eigenvalue weighted by Crippen LogP contribution is -2.29. The van der Waals surface area contributed by atoms with Gasteiger partial charge in [-0.2, -0.15) is 0 Å². The maximum atomic E-state index is 13.3. The zero-order valence-electron chi connectivity index (χ0n) is 10.4. The minimum atomic E-state index is -2.58. The van der Waals surface area contributed by atoms with Crippen molar-refractivity contribution in [2.75, 3.05) is 6.61 Å². The number of halogens is 3. The minimum absolute atomic E-state index is 0.0296. The maximum absolute atomic E-state index is 13.3. The van der Waals surface area contributed by atoms with Gasteiger partial charge in [0.05, 0.1) is 16.6 Å². The monoisotopic (exact) mass is 332 g/mol. The Bertz CT molecular complexity index is 463. The molecule has 5 heteroatoms. The molecular weight excluding hydrogens is 318 g/mol. The van der Waals surface area contributed by atoms with Crippen LogP contribution in [-0.2, 0) is 0 Å². The van der Waals surface area contributed by atoms with Gasteiger partial charge in [0.2, 0.25) is 5.92 Å². The van der Waals surface area contributed by atoms with Crippen LogP contribution in [0.5, 0.6) is 5.75 Å². The first kappa shape index (κ1) is 14.4. The standard InChI is InChI=1S/C14H15BrF2O2/c15-12-5-1-4-11(8-18)13(12)19-9-10-3-2-6-14(16,17)7-10/h1,4-5,8,10H,2-3,6-7,9H2. The van der Waals surface area contributed by atoms with Crippen LogP contribution in [0.2, 0.25) is 0 Å². The predicted octanol–water partition coefficient (Wildman–Crippen LogP) is 4.47. The van der Waals surface area contributed by atoms with Crippen molar-refractivity contribution in [2.45, 2.75) is 31.6 Å². The van der Waals surface area contributed by atoms with E-state index in [4.69, 9.17) is 4.74 Å². The Balaban J connectivity index is 2.01. The number of rotatable bonds is 4. The van der Waals surface area contributed by atoms with Crippen molar-refractivity contribution in [3.05, 3.63) is 28.2 Å². The van der Waals surface area contributed by atoms with Crippen molar-refractivity contribution in [3.8, 4) is 5.75 Å². The van der Waals surface area contributed by atoms with Gasteiger partial charge >= 0.3 is 0 Å². The number of ether oxygens (including phenoxy) is 1. The molecule has 19 heavy (non-hydrogen) atoms. The molecule has 1 atom stereocenters. The molecule has 0 radical (unpaired) electrons. The van der Waals surface area contributed by atoms with Crippen LogP contribution in [0.25, 0.3) is 0 Å². The fraction of sp³-hybridized carbons (Fsp3) is 0.500. The first-order valence-electron chi connectivity index (χ1n) is 6.26. The number of alkyl halides is 2. The van der Waals surface area contributed by atoms with E-state index in [1.54, 1.807) is 18.2 Å². The van der Waals surface area contributed by atoms with Crippen LogP contribution in [0, 0.1) is 5.92 Å². The first-order valence-corrected chi connectivity index (χ1v) is 7.05. The molecule has 0 amide bonds. The molecule has 0 aliphatic heterocycles. The average Bonchev–Trinajstić information content (AvgIpc) is 2.36. The molecule has 0 aromatic heterocycles. The lowest BCUT2D eigenvalue weighted by Gasteiger charge is -2.28. The second-order valence-electron chi connectivity index (χ2n) is 4.91. The topological polar surface area (TPSA) is 26.3 Å². The molecule has 104 valence electrons. The van der Waals surface area contributed by atoms with E-state index < -0.39 is 5.92 Å². The van der Waals surface area contributed by atoms with Crippen LogP contribution in [0.3, 0.4) is 0 Å². The predicted molar refractivity (Wildman–Crippen MR) is 71.9 cm³/mol. The van der Waals surface area contributed by atoms with E-state index >= 15 is 0 Å². The molecule has 0 N–H and O–H groups in total. The third kappa shape index (κ3) is 3.75. The third-order valence-corrected chi connectivity index (χ3v) is 3.95. The van der Waals surface area contributed by atoms with E-state index in [9.17, 15) is 13.6 Å². The molecule has 1 saturated carbocycles. The molecule has 0 saturated heterocycles. The number of hydrogen-bond acceptors (Lipinski definition) is 2. The molecule has 2 rings (SSSR count). The number of para-hydroxylation sites is 1. The molecule has 2 nitrogen and oxygen atoms in total. The second kappa shape index (κ2) is 5.99. The highest BCUT2D eigenvalue weighted by atomic mass is 79.9. The number of benzene rings is 1. The Morgan fingerprint density at radius 3 is 2.95 bits per heavy atom. The summed E-state index contributed by atoms with van der Waals surface area (Å²) >= 11 is 3.30. The molecule has 1 aromatic rings. The molecule has 1 aliphatic carbocycles.